The molecule has 98 valence electrons. The predicted octanol–water partition coefficient (Wildman–Crippen LogP) is 3.76. The van der Waals surface area contributed by atoms with Crippen molar-refractivity contribution in [3.05, 3.63) is 50.7 Å². The second-order valence-corrected chi connectivity index (χ2v) is 5.34. The summed E-state index contributed by atoms with van der Waals surface area (Å²) in [6.07, 6.45) is 0. The molecule has 0 spiro atoms. The topological polar surface area (TPSA) is 54.9 Å². The lowest BCUT2D eigenvalue weighted by Crippen LogP contribution is -2.15. The van der Waals surface area contributed by atoms with Crippen LogP contribution in [-0.4, -0.2) is 15.9 Å². The summed E-state index contributed by atoms with van der Waals surface area (Å²) < 4.78 is 0.627. The minimum atomic E-state index is -0.284. The van der Waals surface area contributed by atoms with Crippen molar-refractivity contribution in [2.75, 3.05) is 5.32 Å². The summed E-state index contributed by atoms with van der Waals surface area (Å²) in [4.78, 5) is 20.4. The van der Waals surface area contributed by atoms with E-state index >= 15 is 0 Å². The number of benzene rings is 1. The van der Waals surface area contributed by atoms with E-state index in [1.807, 2.05) is 19.9 Å². The van der Waals surface area contributed by atoms with E-state index in [0.29, 0.717) is 21.0 Å². The van der Waals surface area contributed by atoms with Crippen molar-refractivity contribution in [2.45, 2.75) is 13.8 Å². The Morgan fingerprint density at radius 1 is 1.21 bits per heavy atom. The minimum Gasteiger partial charge on any atom is -0.290 e. The molecule has 4 nitrogen and oxygen atoms in total. The van der Waals surface area contributed by atoms with Crippen LogP contribution in [0.25, 0.3) is 0 Å². The molecule has 2 aromatic rings. The zero-order valence-corrected chi connectivity index (χ0v) is 12.7. The van der Waals surface area contributed by atoms with Gasteiger partial charge in [0.1, 0.15) is 0 Å². The lowest BCUT2D eigenvalue weighted by Gasteiger charge is -2.07. The molecular formula is C13H11BrClN3O. The third kappa shape index (κ3) is 3.52. The average Bonchev–Trinajstić information content (AvgIpc) is 2.26. The first-order valence-corrected chi connectivity index (χ1v) is 6.71. The number of nitrogens with zero attached hydrogens (tertiary/aromatic N) is 2. The van der Waals surface area contributed by atoms with Gasteiger partial charge < -0.3 is 0 Å². The molecule has 0 unspecified atom stereocenters. The highest BCUT2D eigenvalue weighted by Gasteiger charge is 2.12. The van der Waals surface area contributed by atoms with Crippen molar-refractivity contribution in [1.82, 2.24) is 9.97 Å². The van der Waals surface area contributed by atoms with Gasteiger partial charge in [-0.25, -0.2) is 9.97 Å². The van der Waals surface area contributed by atoms with Crippen LogP contribution in [0.15, 0.2) is 28.7 Å². The number of anilines is 1. The van der Waals surface area contributed by atoms with Crippen molar-refractivity contribution >= 4 is 39.4 Å². The second kappa shape index (κ2) is 5.67. The number of rotatable bonds is 2. The van der Waals surface area contributed by atoms with E-state index in [0.717, 1.165) is 11.4 Å². The maximum atomic E-state index is 12.1. The molecule has 1 aromatic carbocycles. The Bertz CT molecular complexity index is 626. The highest BCUT2D eigenvalue weighted by atomic mass is 79.9. The van der Waals surface area contributed by atoms with E-state index in [4.69, 9.17) is 11.6 Å². The maximum Gasteiger partial charge on any atom is 0.259 e. The third-order valence-electron chi connectivity index (χ3n) is 2.38. The zero-order chi connectivity index (χ0) is 14.0. The van der Waals surface area contributed by atoms with Crippen molar-refractivity contribution in [3.8, 4) is 0 Å². The molecule has 1 heterocycles. The number of halogens is 2. The maximum absolute atomic E-state index is 12.1. The average molecular weight is 341 g/mol. The molecular weight excluding hydrogens is 330 g/mol. The van der Waals surface area contributed by atoms with Gasteiger partial charge >= 0.3 is 0 Å². The molecule has 0 atom stereocenters. The fourth-order valence-corrected chi connectivity index (χ4v) is 2.49. The Kier molecular flexibility index (Phi) is 4.17. The predicted molar refractivity (Wildman–Crippen MR) is 78.6 cm³/mol. The van der Waals surface area contributed by atoms with Crippen molar-refractivity contribution in [3.63, 3.8) is 0 Å². The zero-order valence-electron chi connectivity index (χ0n) is 10.4. The molecule has 2 rings (SSSR count). The monoisotopic (exact) mass is 339 g/mol. The smallest absolute Gasteiger partial charge is 0.259 e. The highest BCUT2D eigenvalue weighted by molar-refractivity contribution is 9.10. The molecule has 0 aliphatic carbocycles. The number of aromatic nitrogens is 2. The second-order valence-electron chi connectivity index (χ2n) is 4.05. The van der Waals surface area contributed by atoms with E-state index in [1.165, 1.54) is 0 Å². The molecule has 0 fully saturated rings. The fraction of sp³-hybridized carbons (Fsp3) is 0.154. The van der Waals surface area contributed by atoms with Gasteiger partial charge in [-0.1, -0.05) is 11.6 Å². The van der Waals surface area contributed by atoms with Crippen molar-refractivity contribution in [2.24, 2.45) is 0 Å². The van der Waals surface area contributed by atoms with Crippen LogP contribution in [0.2, 0.25) is 5.02 Å². The molecule has 0 aliphatic heterocycles. The lowest BCUT2D eigenvalue weighted by atomic mass is 10.2. The number of amides is 1. The number of hydrogen-bond donors (Lipinski definition) is 1. The largest absolute Gasteiger partial charge is 0.290 e. The molecule has 0 saturated heterocycles. The van der Waals surface area contributed by atoms with Crippen LogP contribution in [0.5, 0.6) is 0 Å². The number of carbonyl (C=O) groups excluding carboxylic acids is 1. The highest BCUT2D eigenvalue weighted by Crippen LogP contribution is 2.22. The molecule has 0 aliphatic rings. The summed E-state index contributed by atoms with van der Waals surface area (Å²) in [6, 6.07) is 6.81. The molecule has 1 N–H and O–H groups in total. The molecule has 1 amide bonds. The first-order chi connectivity index (χ1) is 8.95. The van der Waals surface area contributed by atoms with Gasteiger partial charge in [0.05, 0.1) is 5.56 Å². The van der Waals surface area contributed by atoms with Gasteiger partial charge in [-0.2, -0.15) is 0 Å². The quantitative estimate of drug-likeness (QED) is 0.905. The number of carbonyl (C=O) groups is 1. The van der Waals surface area contributed by atoms with Gasteiger partial charge in [-0.05, 0) is 54.0 Å². The van der Waals surface area contributed by atoms with Crippen LogP contribution in [0.3, 0.4) is 0 Å². The number of aryl methyl sites for hydroxylation is 2. The van der Waals surface area contributed by atoms with E-state index in [-0.39, 0.29) is 5.91 Å². The summed E-state index contributed by atoms with van der Waals surface area (Å²) >= 11 is 9.14. The van der Waals surface area contributed by atoms with E-state index in [1.54, 1.807) is 18.2 Å². The van der Waals surface area contributed by atoms with Crippen LogP contribution < -0.4 is 5.32 Å². The van der Waals surface area contributed by atoms with E-state index < -0.39 is 0 Å². The third-order valence-corrected chi connectivity index (χ3v) is 3.27. The molecule has 19 heavy (non-hydrogen) atoms. The number of nitrogens with one attached hydrogen (secondary N) is 1. The van der Waals surface area contributed by atoms with Gasteiger partial charge in [0, 0.05) is 20.9 Å². The molecule has 0 bridgehead atoms. The lowest BCUT2D eigenvalue weighted by molar-refractivity contribution is 0.102. The first-order valence-electron chi connectivity index (χ1n) is 5.54. The Morgan fingerprint density at radius 3 is 2.42 bits per heavy atom. The Hall–Kier alpha value is -1.46. The Labute approximate surface area is 124 Å². The van der Waals surface area contributed by atoms with Crippen LogP contribution in [0, 0.1) is 13.8 Å². The van der Waals surface area contributed by atoms with Crippen LogP contribution in [0.4, 0.5) is 5.95 Å². The summed E-state index contributed by atoms with van der Waals surface area (Å²) in [5, 5.41) is 3.23. The SMILES string of the molecule is Cc1cc(C)nc(NC(=O)c2ccc(Cl)cc2Br)n1. The minimum absolute atomic E-state index is 0.284. The van der Waals surface area contributed by atoms with Gasteiger partial charge in [0.25, 0.3) is 5.91 Å². The molecule has 6 heteroatoms. The van der Waals surface area contributed by atoms with Crippen LogP contribution in [-0.2, 0) is 0 Å². The molecule has 0 saturated carbocycles. The summed E-state index contributed by atoms with van der Waals surface area (Å²) in [6.45, 7) is 3.70. The van der Waals surface area contributed by atoms with Gasteiger partial charge in [-0.15, -0.1) is 0 Å². The van der Waals surface area contributed by atoms with Gasteiger partial charge in [0.15, 0.2) is 0 Å². The summed E-state index contributed by atoms with van der Waals surface area (Å²) in [7, 11) is 0. The normalized spacial score (nSPS) is 10.3. The van der Waals surface area contributed by atoms with Gasteiger partial charge in [0.2, 0.25) is 5.95 Å². The first kappa shape index (κ1) is 14.0. The fourth-order valence-electron chi connectivity index (χ4n) is 1.62. The van der Waals surface area contributed by atoms with E-state index in [2.05, 4.69) is 31.2 Å². The summed E-state index contributed by atoms with van der Waals surface area (Å²) in [5.74, 6) is 0.0119. The van der Waals surface area contributed by atoms with Crippen LogP contribution >= 0.6 is 27.5 Å². The Morgan fingerprint density at radius 2 is 1.84 bits per heavy atom. The van der Waals surface area contributed by atoms with Crippen molar-refractivity contribution < 1.29 is 4.79 Å². The Balaban J connectivity index is 2.25. The summed E-state index contributed by atoms with van der Waals surface area (Å²) in [5.41, 5.74) is 2.09. The molecule has 1 aromatic heterocycles. The van der Waals surface area contributed by atoms with Crippen LogP contribution in [0.1, 0.15) is 21.7 Å². The van der Waals surface area contributed by atoms with Crippen molar-refractivity contribution in [1.29, 1.82) is 0 Å². The van der Waals surface area contributed by atoms with E-state index in [9.17, 15) is 4.79 Å². The number of hydrogen-bond acceptors (Lipinski definition) is 3. The standard InChI is InChI=1S/C13H11BrClN3O/c1-7-5-8(2)17-13(16-7)18-12(19)10-4-3-9(15)6-11(10)14/h3-6H,1-2H3,(H,16,17,18,19). The van der Waals surface area contributed by atoms with Gasteiger partial charge in [-0.3, -0.25) is 10.1 Å². The molecule has 0 radical (unpaired) electrons.